The van der Waals surface area contributed by atoms with Crippen LogP contribution in [0.25, 0.3) is 0 Å². The molecule has 0 saturated heterocycles. The molecule has 0 spiro atoms. The Bertz CT molecular complexity index is 927. The lowest BCUT2D eigenvalue weighted by molar-refractivity contribution is 0.184. The number of urea groups is 1. The van der Waals surface area contributed by atoms with Gasteiger partial charge in [0.2, 0.25) is 0 Å². The topological polar surface area (TPSA) is 79.4 Å². The summed E-state index contributed by atoms with van der Waals surface area (Å²) in [4.78, 5) is 24.0. The maximum atomic E-state index is 13.6. The molecule has 1 aliphatic rings. The lowest BCUT2D eigenvalue weighted by atomic mass is 10.1. The first-order chi connectivity index (χ1) is 15.4. The van der Waals surface area contributed by atoms with Gasteiger partial charge in [-0.15, -0.1) is 0 Å². The van der Waals surface area contributed by atoms with E-state index in [9.17, 15) is 9.18 Å². The van der Waals surface area contributed by atoms with Crippen molar-refractivity contribution in [2.45, 2.75) is 39.3 Å². The molecule has 0 unspecified atom stereocenters. The van der Waals surface area contributed by atoms with Crippen LogP contribution in [-0.4, -0.2) is 54.2 Å². The molecular formula is C23H31ClFN5O2. The van der Waals surface area contributed by atoms with Gasteiger partial charge in [0.05, 0.1) is 29.9 Å². The first-order valence-corrected chi connectivity index (χ1v) is 11.3. The molecule has 1 atom stereocenters. The second-order valence-electron chi connectivity index (χ2n) is 8.40. The molecule has 174 valence electrons. The SMILES string of the molecule is COCCNC[C@@H](NC(=O)N1CCc2cnc(CC(C)C)nc2C1)c1ccc(F)c(Cl)c1. The van der Waals surface area contributed by atoms with Crippen LogP contribution < -0.4 is 10.6 Å². The molecular weight excluding hydrogens is 433 g/mol. The zero-order chi connectivity index (χ0) is 23.1. The molecule has 3 rings (SSSR count). The van der Waals surface area contributed by atoms with Crippen molar-refractivity contribution in [3.63, 3.8) is 0 Å². The van der Waals surface area contributed by atoms with Gasteiger partial charge >= 0.3 is 6.03 Å². The fourth-order valence-electron chi connectivity index (χ4n) is 3.62. The van der Waals surface area contributed by atoms with E-state index < -0.39 is 5.82 Å². The first kappa shape index (κ1) is 24.4. The highest BCUT2D eigenvalue weighted by molar-refractivity contribution is 6.30. The summed E-state index contributed by atoms with van der Waals surface area (Å²) in [5.41, 5.74) is 2.72. The van der Waals surface area contributed by atoms with Gasteiger partial charge in [-0.1, -0.05) is 31.5 Å². The quantitative estimate of drug-likeness (QED) is 0.556. The fourth-order valence-corrected chi connectivity index (χ4v) is 3.81. The van der Waals surface area contributed by atoms with Gasteiger partial charge in [-0.2, -0.15) is 0 Å². The number of carbonyl (C=O) groups excluding carboxylic acids is 1. The van der Waals surface area contributed by atoms with Gasteiger partial charge in [0, 0.05) is 39.4 Å². The fraction of sp³-hybridized carbons (Fsp3) is 0.522. The third-order valence-electron chi connectivity index (χ3n) is 5.35. The maximum absolute atomic E-state index is 13.6. The van der Waals surface area contributed by atoms with Crippen molar-refractivity contribution in [1.29, 1.82) is 0 Å². The highest BCUT2D eigenvalue weighted by Crippen LogP contribution is 2.22. The van der Waals surface area contributed by atoms with Crippen molar-refractivity contribution < 1.29 is 13.9 Å². The summed E-state index contributed by atoms with van der Waals surface area (Å²) in [6, 6.07) is 3.94. The largest absolute Gasteiger partial charge is 0.383 e. The number of ether oxygens (including phenoxy) is 1. The van der Waals surface area contributed by atoms with E-state index in [1.807, 2.05) is 6.20 Å². The smallest absolute Gasteiger partial charge is 0.318 e. The monoisotopic (exact) mass is 463 g/mol. The summed E-state index contributed by atoms with van der Waals surface area (Å²) >= 11 is 5.98. The van der Waals surface area contributed by atoms with E-state index in [2.05, 4.69) is 29.5 Å². The second-order valence-corrected chi connectivity index (χ2v) is 8.81. The summed E-state index contributed by atoms with van der Waals surface area (Å²) in [7, 11) is 1.63. The van der Waals surface area contributed by atoms with Gasteiger partial charge < -0.3 is 20.3 Å². The van der Waals surface area contributed by atoms with Crippen LogP contribution in [0.3, 0.4) is 0 Å². The average Bonchev–Trinajstić information content (AvgIpc) is 2.76. The van der Waals surface area contributed by atoms with Crippen molar-refractivity contribution in [2.75, 3.05) is 33.4 Å². The van der Waals surface area contributed by atoms with E-state index >= 15 is 0 Å². The zero-order valence-electron chi connectivity index (χ0n) is 18.8. The number of methoxy groups -OCH3 is 1. The summed E-state index contributed by atoms with van der Waals surface area (Å²) in [6.45, 7) is 6.91. The van der Waals surface area contributed by atoms with Gasteiger partial charge in [0.1, 0.15) is 11.6 Å². The molecule has 0 radical (unpaired) electrons. The summed E-state index contributed by atoms with van der Waals surface area (Å²) in [5, 5.41) is 6.34. The molecule has 0 bridgehead atoms. The third kappa shape index (κ3) is 6.60. The van der Waals surface area contributed by atoms with Crippen molar-refractivity contribution in [2.24, 2.45) is 5.92 Å². The molecule has 2 aromatic rings. The van der Waals surface area contributed by atoms with Gasteiger partial charge in [-0.05, 0) is 35.6 Å². The van der Waals surface area contributed by atoms with E-state index in [4.69, 9.17) is 21.3 Å². The van der Waals surface area contributed by atoms with Crippen LogP contribution >= 0.6 is 11.6 Å². The number of carbonyl (C=O) groups is 1. The maximum Gasteiger partial charge on any atom is 0.318 e. The number of aromatic nitrogens is 2. The Hall–Kier alpha value is -2.29. The molecule has 2 amide bonds. The second kappa shape index (κ2) is 11.5. The number of hydrogen-bond acceptors (Lipinski definition) is 5. The van der Waals surface area contributed by atoms with Crippen LogP contribution in [0.1, 0.15) is 42.5 Å². The molecule has 2 heterocycles. The Labute approximate surface area is 193 Å². The minimum Gasteiger partial charge on any atom is -0.383 e. The van der Waals surface area contributed by atoms with Gasteiger partial charge in [0.25, 0.3) is 0 Å². The molecule has 32 heavy (non-hydrogen) atoms. The molecule has 0 fully saturated rings. The Balaban J connectivity index is 1.70. The number of nitrogens with zero attached hydrogens (tertiary/aromatic N) is 3. The van der Waals surface area contributed by atoms with Gasteiger partial charge in [-0.3, -0.25) is 0 Å². The summed E-state index contributed by atoms with van der Waals surface area (Å²) in [6.07, 6.45) is 3.40. The summed E-state index contributed by atoms with van der Waals surface area (Å²) < 4.78 is 18.7. The minimum atomic E-state index is -0.489. The molecule has 9 heteroatoms. The van der Waals surface area contributed by atoms with Crippen molar-refractivity contribution >= 4 is 17.6 Å². The number of halogens is 2. The molecule has 1 aromatic heterocycles. The number of fused-ring (bicyclic) bond motifs is 1. The van der Waals surface area contributed by atoms with Crippen LogP contribution in [0.15, 0.2) is 24.4 Å². The van der Waals surface area contributed by atoms with Crippen molar-refractivity contribution in [3.05, 3.63) is 57.9 Å². The molecule has 0 saturated carbocycles. The van der Waals surface area contributed by atoms with Crippen molar-refractivity contribution in [1.82, 2.24) is 25.5 Å². The number of benzene rings is 1. The van der Waals surface area contributed by atoms with Crippen LogP contribution in [-0.2, 0) is 24.1 Å². The summed E-state index contributed by atoms with van der Waals surface area (Å²) in [5.74, 6) is 0.782. The van der Waals surface area contributed by atoms with Crippen LogP contribution in [0.4, 0.5) is 9.18 Å². The molecule has 1 aliphatic heterocycles. The first-order valence-electron chi connectivity index (χ1n) is 10.9. The van der Waals surface area contributed by atoms with Crippen molar-refractivity contribution in [3.8, 4) is 0 Å². The van der Waals surface area contributed by atoms with E-state index in [1.165, 1.54) is 6.07 Å². The lowest BCUT2D eigenvalue weighted by Crippen LogP contribution is -2.46. The van der Waals surface area contributed by atoms with Crippen LogP contribution in [0.2, 0.25) is 5.02 Å². The van der Waals surface area contributed by atoms with E-state index in [-0.39, 0.29) is 17.1 Å². The number of hydrogen-bond donors (Lipinski definition) is 2. The van der Waals surface area contributed by atoms with E-state index in [0.29, 0.717) is 45.1 Å². The Kier molecular flexibility index (Phi) is 8.78. The van der Waals surface area contributed by atoms with E-state index in [1.54, 1.807) is 24.1 Å². The molecule has 2 N–H and O–H groups in total. The predicted octanol–water partition coefficient (Wildman–Crippen LogP) is 3.51. The Morgan fingerprint density at radius 1 is 1.38 bits per heavy atom. The zero-order valence-corrected chi connectivity index (χ0v) is 19.6. The molecule has 7 nitrogen and oxygen atoms in total. The minimum absolute atomic E-state index is 0.0277. The average molecular weight is 464 g/mol. The normalized spacial score (nSPS) is 14.4. The molecule has 0 aliphatic carbocycles. The Morgan fingerprint density at radius 3 is 2.91 bits per heavy atom. The van der Waals surface area contributed by atoms with Gasteiger partial charge in [0.15, 0.2) is 0 Å². The van der Waals surface area contributed by atoms with E-state index in [0.717, 1.165) is 29.1 Å². The van der Waals surface area contributed by atoms with Crippen LogP contribution in [0.5, 0.6) is 0 Å². The third-order valence-corrected chi connectivity index (χ3v) is 5.64. The Morgan fingerprint density at radius 2 is 2.19 bits per heavy atom. The highest BCUT2D eigenvalue weighted by atomic mass is 35.5. The number of amides is 2. The highest BCUT2D eigenvalue weighted by Gasteiger charge is 2.25. The van der Waals surface area contributed by atoms with Gasteiger partial charge in [-0.25, -0.2) is 19.2 Å². The predicted molar refractivity (Wildman–Crippen MR) is 122 cm³/mol. The number of rotatable bonds is 9. The number of nitrogens with one attached hydrogen (secondary N) is 2. The van der Waals surface area contributed by atoms with Crippen LogP contribution in [0, 0.1) is 11.7 Å². The molecule has 1 aromatic carbocycles. The lowest BCUT2D eigenvalue weighted by Gasteiger charge is -2.30. The standard InChI is InChI=1S/C23H31ClFN5O2/c1-15(2)10-22-27-12-17-6-8-30(14-21(17)28-22)23(31)29-20(13-26-7-9-32-3)16-4-5-19(25)18(24)11-16/h4-5,11-12,15,20,26H,6-10,13-14H2,1-3H3,(H,29,31)/t20-/m1/s1.